The Morgan fingerprint density at radius 2 is 2.22 bits per heavy atom. The van der Waals surface area contributed by atoms with Gasteiger partial charge in [0.05, 0.1) is 16.5 Å². The number of thiocarbonyl (C=S) groups is 1. The summed E-state index contributed by atoms with van der Waals surface area (Å²) in [6.07, 6.45) is 1.83. The minimum atomic E-state index is -0.0584. The van der Waals surface area contributed by atoms with Gasteiger partial charge in [-0.05, 0) is 39.7 Å². The lowest BCUT2D eigenvalue weighted by molar-refractivity contribution is -0.121. The first kappa shape index (κ1) is 13.6. The molecule has 0 atom stereocenters. The zero-order valence-corrected chi connectivity index (χ0v) is 13.0. The molecule has 0 N–H and O–H groups in total. The van der Waals surface area contributed by atoms with Gasteiger partial charge in [-0.15, -0.1) is 0 Å². The van der Waals surface area contributed by atoms with Crippen molar-refractivity contribution in [2.45, 2.75) is 0 Å². The van der Waals surface area contributed by atoms with Crippen molar-refractivity contribution in [3.05, 3.63) is 33.1 Å². The molecule has 94 valence electrons. The zero-order chi connectivity index (χ0) is 13.3. The second-order valence-corrected chi connectivity index (χ2v) is 6.16. The van der Waals surface area contributed by atoms with E-state index in [1.54, 1.807) is 14.2 Å². The van der Waals surface area contributed by atoms with Crippen molar-refractivity contribution >= 4 is 56.2 Å². The van der Waals surface area contributed by atoms with Crippen molar-refractivity contribution in [1.29, 1.82) is 0 Å². The summed E-state index contributed by atoms with van der Waals surface area (Å²) in [7, 11) is 3.30. The summed E-state index contributed by atoms with van der Waals surface area (Å²) in [5.41, 5.74) is 0.927. The fourth-order valence-electron chi connectivity index (χ4n) is 1.47. The van der Waals surface area contributed by atoms with Crippen LogP contribution < -0.4 is 4.74 Å². The average Bonchev–Trinajstić information content (AvgIpc) is 2.57. The van der Waals surface area contributed by atoms with Gasteiger partial charge in [-0.1, -0.05) is 30.0 Å². The van der Waals surface area contributed by atoms with Crippen molar-refractivity contribution in [3.63, 3.8) is 0 Å². The van der Waals surface area contributed by atoms with E-state index in [1.165, 1.54) is 16.7 Å². The topological polar surface area (TPSA) is 29.5 Å². The van der Waals surface area contributed by atoms with Crippen LogP contribution in [0.4, 0.5) is 0 Å². The van der Waals surface area contributed by atoms with E-state index in [2.05, 4.69) is 15.9 Å². The second kappa shape index (κ2) is 5.42. The minimum absolute atomic E-state index is 0.0584. The number of benzene rings is 1. The molecule has 0 aromatic heterocycles. The second-order valence-electron chi connectivity index (χ2n) is 3.63. The van der Waals surface area contributed by atoms with Gasteiger partial charge in [0, 0.05) is 7.05 Å². The van der Waals surface area contributed by atoms with Crippen LogP contribution in [-0.2, 0) is 4.79 Å². The number of thioether (sulfide) groups is 1. The molecule has 0 saturated carbocycles. The number of likely N-dealkylation sites (N-methyl/N-ethyl adjacent to an activating group) is 1. The molecule has 0 bridgehead atoms. The number of rotatable bonds is 2. The molecule has 1 aromatic rings. The molecular formula is C12H10BrNO2S2. The molecule has 18 heavy (non-hydrogen) atoms. The van der Waals surface area contributed by atoms with Crippen molar-refractivity contribution in [2.75, 3.05) is 14.2 Å². The smallest absolute Gasteiger partial charge is 0.265 e. The van der Waals surface area contributed by atoms with Gasteiger partial charge >= 0.3 is 0 Å². The molecule has 2 rings (SSSR count). The monoisotopic (exact) mass is 343 g/mol. The van der Waals surface area contributed by atoms with Crippen LogP contribution in [-0.4, -0.2) is 29.3 Å². The van der Waals surface area contributed by atoms with Crippen molar-refractivity contribution in [3.8, 4) is 5.75 Å². The first-order valence-electron chi connectivity index (χ1n) is 5.08. The van der Waals surface area contributed by atoms with E-state index in [4.69, 9.17) is 17.0 Å². The Balaban J connectivity index is 2.32. The van der Waals surface area contributed by atoms with Gasteiger partial charge in [-0.25, -0.2) is 0 Å². The Labute approximate surface area is 123 Å². The van der Waals surface area contributed by atoms with Gasteiger partial charge in [0.2, 0.25) is 0 Å². The highest BCUT2D eigenvalue weighted by Gasteiger charge is 2.28. The van der Waals surface area contributed by atoms with E-state index in [-0.39, 0.29) is 5.91 Å². The molecule has 1 aliphatic rings. The molecule has 0 radical (unpaired) electrons. The summed E-state index contributed by atoms with van der Waals surface area (Å²) < 4.78 is 6.59. The molecule has 1 amide bonds. The van der Waals surface area contributed by atoms with Crippen LogP contribution >= 0.6 is 39.9 Å². The molecule has 0 aliphatic carbocycles. The first-order chi connectivity index (χ1) is 8.52. The number of methoxy groups -OCH3 is 1. The van der Waals surface area contributed by atoms with Crippen LogP contribution in [0.15, 0.2) is 27.6 Å². The molecule has 0 spiro atoms. The van der Waals surface area contributed by atoms with E-state index in [0.717, 1.165) is 15.8 Å². The van der Waals surface area contributed by atoms with Crippen LogP contribution in [0.2, 0.25) is 0 Å². The fraction of sp³-hybridized carbons (Fsp3) is 0.167. The van der Waals surface area contributed by atoms with Crippen LogP contribution in [0.3, 0.4) is 0 Å². The summed E-state index contributed by atoms with van der Waals surface area (Å²) in [5.74, 6) is 0.701. The quantitative estimate of drug-likeness (QED) is 0.608. The number of carbonyl (C=O) groups is 1. The van der Waals surface area contributed by atoms with Gasteiger partial charge in [-0.2, -0.15) is 0 Å². The Kier molecular flexibility index (Phi) is 4.09. The molecule has 1 saturated heterocycles. The summed E-state index contributed by atoms with van der Waals surface area (Å²) in [4.78, 5) is 14.0. The van der Waals surface area contributed by atoms with E-state index in [1.807, 2.05) is 24.3 Å². The molecule has 1 fully saturated rings. The van der Waals surface area contributed by atoms with Gasteiger partial charge in [0.1, 0.15) is 10.1 Å². The highest BCUT2D eigenvalue weighted by atomic mass is 79.9. The van der Waals surface area contributed by atoms with Gasteiger partial charge in [0.15, 0.2) is 0 Å². The highest BCUT2D eigenvalue weighted by Crippen LogP contribution is 2.33. The number of amides is 1. The van der Waals surface area contributed by atoms with Crippen molar-refractivity contribution in [2.24, 2.45) is 0 Å². The Bertz CT molecular complexity index is 557. The molecule has 6 heteroatoms. The van der Waals surface area contributed by atoms with Crippen LogP contribution in [0, 0.1) is 0 Å². The zero-order valence-electron chi connectivity index (χ0n) is 9.77. The van der Waals surface area contributed by atoms with Gasteiger partial charge in [-0.3, -0.25) is 9.69 Å². The lowest BCUT2D eigenvalue weighted by Crippen LogP contribution is -2.22. The minimum Gasteiger partial charge on any atom is -0.496 e. The predicted octanol–water partition coefficient (Wildman–Crippen LogP) is 3.29. The Morgan fingerprint density at radius 3 is 2.72 bits per heavy atom. The molecule has 1 aliphatic heterocycles. The van der Waals surface area contributed by atoms with E-state index in [0.29, 0.717) is 9.23 Å². The number of ether oxygens (including phenoxy) is 1. The van der Waals surface area contributed by atoms with Crippen LogP contribution in [0.1, 0.15) is 5.56 Å². The summed E-state index contributed by atoms with van der Waals surface area (Å²) in [6.45, 7) is 0. The molecular weight excluding hydrogens is 334 g/mol. The fourth-order valence-corrected chi connectivity index (χ4v) is 3.21. The number of nitrogens with zero attached hydrogens (tertiary/aromatic N) is 1. The number of halogens is 1. The van der Waals surface area contributed by atoms with Crippen molar-refractivity contribution in [1.82, 2.24) is 4.90 Å². The number of hydrogen-bond acceptors (Lipinski definition) is 4. The van der Waals surface area contributed by atoms with E-state index in [9.17, 15) is 4.79 Å². The number of hydrogen-bond donors (Lipinski definition) is 0. The van der Waals surface area contributed by atoms with Gasteiger partial charge in [0.25, 0.3) is 5.91 Å². The number of carbonyl (C=O) groups excluding carboxylic acids is 1. The van der Waals surface area contributed by atoms with E-state index >= 15 is 0 Å². The maximum absolute atomic E-state index is 11.8. The molecule has 1 aromatic carbocycles. The average molecular weight is 344 g/mol. The summed E-state index contributed by atoms with van der Waals surface area (Å²) in [6, 6.07) is 5.65. The third-order valence-corrected chi connectivity index (χ3v) is 4.56. The Morgan fingerprint density at radius 1 is 1.50 bits per heavy atom. The standard InChI is InChI=1S/C12H10BrNO2S2/c1-14-11(15)10(18-12(14)17)6-7-3-4-9(16-2)8(13)5-7/h3-6H,1-2H3/b10-6+. The Hall–Kier alpha value is -0.850. The van der Waals surface area contributed by atoms with Crippen LogP contribution in [0.5, 0.6) is 5.75 Å². The predicted molar refractivity (Wildman–Crippen MR) is 81.6 cm³/mol. The third kappa shape index (κ3) is 2.60. The van der Waals surface area contributed by atoms with Crippen molar-refractivity contribution < 1.29 is 9.53 Å². The first-order valence-corrected chi connectivity index (χ1v) is 7.10. The maximum atomic E-state index is 11.8. The SMILES string of the molecule is COc1ccc(/C=C2/SC(=S)N(C)C2=O)cc1Br. The molecule has 3 nitrogen and oxygen atoms in total. The molecule has 0 unspecified atom stereocenters. The lowest BCUT2D eigenvalue weighted by Gasteiger charge is -2.04. The van der Waals surface area contributed by atoms with Gasteiger partial charge < -0.3 is 4.74 Å². The van der Waals surface area contributed by atoms with Crippen LogP contribution in [0.25, 0.3) is 6.08 Å². The third-order valence-electron chi connectivity index (χ3n) is 2.46. The highest BCUT2D eigenvalue weighted by molar-refractivity contribution is 9.10. The summed E-state index contributed by atoms with van der Waals surface area (Å²) in [5, 5.41) is 0. The normalized spacial score (nSPS) is 17.7. The maximum Gasteiger partial charge on any atom is 0.265 e. The lowest BCUT2D eigenvalue weighted by atomic mass is 10.2. The molecule has 1 heterocycles. The van der Waals surface area contributed by atoms with E-state index < -0.39 is 0 Å². The largest absolute Gasteiger partial charge is 0.496 e. The summed E-state index contributed by atoms with van der Waals surface area (Å²) >= 11 is 9.80.